The van der Waals surface area contributed by atoms with Gasteiger partial charge < -0.3 is 9.84 Å². The van der Waals surface area contributed by atoms with Crippen molar-refractivity contribution in [2.45, 2.75) is 6.92 Å². The van der Waals surface area contributed by atoms with E-state index in [1.807, 2.05) is 0 Å². The Morgan fingerprint density at radius 1 is 1.33 bits per heavy atom. The van der Waals surface area contributed by atoms with Crippen molar-refractivity contribution >= 4 is 5.97 Å². The van der Waals surface area contributed by atoms with E-state index in [2.05, 4.69) is 9.97 Å². The molecule has 0 radical (unpaired) electrons. The first kappa shape index (κ1) is 12.0. The van der Waals surface area contributed by atoms with Crippen LogP contribution in [-0.4, -0.2) is 28.2 Å². The van der Waals surface area contributed by atoms with E-state index < -0.39 is 5.97 Å². The van der Waals surface area contributed by atoms with Gasteiger partial charge in [0.05, 0.1) is 18.4 Å². The zero-order valence-corrected chi connectivity index (χ0v) is 10.0. The molecule has 0 bridgehead atoms. The highest BCUT2D eigenvalue weighted by atomic mass is 16.5. The summed E-state index contributed by atoms with van der Waals surface area (Å²) in [5.74, 6) is -0.373. The van der Waals surface area contributed by atoms with Crippen LogP contribution in [0.25, 0.3) is 11.3 Å². The summed E-state index contributed by atoms with van der Waals surface area (Å²) in [7, 11) is 1.54. The number of hydrogen-bond donors (Lipinski definition) is 1. The molecule has 1 aromatic heterocycles. The van der Waals surface area contributed by atoms with Crippen molar-refractivity contribution in [3.63, 3.8) is 0 Å². The Morgan fingerprint density at radius 2 is 2.11 bits per heavy atom. The van der Waals surface area contributed by atoms with Crippen LogP contribution in [0.1, 0.15) is 15.9 Å². The van der Waals surface area contributed by atoms with E-state index in [9.17, 15) is 4.79 Å². The third-order valence-corrected chi connectivity index (χ3v) is 2.72. The normalized spacial score (nSPS) is 10.1. The van der Waals surface area contributed by atoms with Crippen molar-refractivity contribution in [2.24, 2.45) is 0 Å². The molecule has 0 aliphatic carbocycles. The van der Waals surface area contributed by atoms with Crippen molar-refractivity contribution in [1.82, 2.24) is 9.97 Å². The summed E-state index contributed by atoms with van der Waals surface area (Å²) >= 11 is 0. The Labute approximate surface area is 104 Å². The van der Waals surface area contributed by atoms with Crippen LogP contribution in [0.5, 0.6) is 5.75 Å². The fraction of sp³-hybridized carbons (Fsp3) is 0.154. The molecule has 0 unspecified atom stereocenters. The van der Waals surface area contributed by atoms with E-state index in [4.69, 9.17) is 9.84 Å². The topological polar surface area (TPSA) is 72.3 Å². The highest BCUT2D eigenvalue weighted by Gasteiger charge is 2.17. The highest BCUT2D eigenvalue weighted by molar-refractivity contribution is 5.93. The number of aromatic nitrogens is 2. The number of carbonyl (C=O) groups is 1. The van der Waals surface area contributed by atoms with Gasteiger partial charge in [-0.2, -0.15) is 0 Å². The van der Waals surface area contributed by atoms with Crippen molar-refractivity contribution in [3.05, 3.63) is 41.9 Å². The van der Waals surface area contributed by atoms with Gasteiger partial charge in [-0.25, -0.2) is 14.8 Å². The van der Waals surface area contributed by atoms with Crippen molar-refractivity contribution in [1.29, 1.82) is 0 Å². The predicted octanol–water partition coefficient (Wildman–Crippen LogP) is 2.16. The smallest absolute Gasteiger partial charge is 0.335 e. The lowest BCUT2D eigenvalue weighted by atomic mass is 9.98. The number of aromatic carboxylic acids is 1. The molecule has 92 valence electrons. The van der Waals surface area contributed by atoms with E-state index >= 15 is 0 Å². The van der Waals surface area contributed by atoms with Gasteiger partial charge in [0, 0.05) is 11.8 Å². The minimum absolute atomic E-state index is 0.240. The molecular formula is C13H12N2O3. The van der Waals surface area contributed by atoms with Crippen LogP contribution >= 0.6 is 0 Å². The minimum Gasteiger partial charge on any atom is -0.496 e. The number of benzene rings is 1. The van der Waals surface area contributed by atoms with Crippen molar-refractivity contribution in [3.8, 4) is 17.0 Å². The van der Waals surface area contributed by atoms with Gasteiger partial charge >= 0.3 is 5.97 Å². The number of rotatable bonds is 3. The van der Waals surface area contributed by atoms with Crippen LogP contribution in [0.3, 0.4) is 0 Å². The number of nitrogens with zero attached hydrogens (tertiary/aromatic N) is 2. The lowest BCUT2D eigenvalue weighted by Crippen LogP contribution is -2.03. The summed E-state index contributed by atoms with van der Waals surface area (Å²) in [6.07, 6.45) is 3.02. The second-order valence-corrected chi connectivity index (χ2v) is 3.72. The lowest BCUT2D eigenvalue weighted by Gasteiger charge is -2.12. The average Bonchev–Trinajstić information content (AvgIpc) is 2.38. The first-order valence-corrected chi connectivity index (χ1v) is 5.32. The van der Waals surface area contributed by atoms with Gasteiger partial charge in [-0.1, -0.05) is 0 Å². The molecule has 1 heterocycles. The molecule has 2 aromatic rings. The van der Waals surface area contributed by atoms with Gasteiger partial charge in [0.2, 0.25) is 0 Å². The summed E-state index contributed by atoms with van der Waals surface area (Å²) in [6, 6.07) is 4.88. The number of carboxylic acids is 1. The van der Waals surface area contributed by atoms with Gasteiger partial charge in [-0.15, -0.1) is 0 Å². The average molecular weight is 244 g/mol. The monoisotopic (exact) mass is 244 g/mol. The molecule has 0 fully saturated rings. The fourth-order valence-electron chi connectivity index (χ4n) is 1.85. The lowest BCUT2D eigenvalue weighted by molar-refractivity contribution is 0.0696. The molecule has 1 N–H and O–H groups in total. The van der Waals surface area contributed by atoms with Gasteiger partial charge in [0.25, 0.3) is 0 Å². The van der Waals surface area contributed by atoms with Crippen LogP contribution in [0.2, 0.25) is 0 Å². The molecule has 0 aliphatic heterocycles. The number of hydrogen-bond acceptors (Lipinski definition) is 4. The maximum Gasteiger partial charge on any atom is 0.335 e. The van der Waals surface area contributed by atoms with E-state index in [0.717, 1.165) is 0 Å². The minimum atomic E-state index is -0.967. The largest absolute Gasteiger partial charge is 0.496 e. The predicted molar refractivity (Wildman–Crippen MR) is 65.7 cm³/mol. The van der Waals surface area contributed by atoms with E-state index in [1.54, 1.807) is 32.4 Å². The quantitative estimate of drug-likeness (QED) is 0.895. The summed E-state index contributed by atoms with van der Waals surface area (Å²) in [6.45, 7) is 1.74. The highest BCUT2D eigenvalue weighted by Crippen LogP contribution is 2.33. The van der Waals surface area contributed by atoms with Gasteiger partial charge in [-0.05, 0) is 30.7 Å². The first-order valence-electron chi connectivity index (χ1n) is 5.32. The van der Waals surface area contributed by atoms with Crippen molar-refractivity contribution < 1.29 is 14.6 Å². The molecule has 1 aromatic carbocycles. The first-order chi connectivity index (χ1) is 8.65. The molecule has 0 saturated heterocycles. The summed E-state index contributed by atoms with van der Waals surface area (Å²) < 4.78 is 5.26. The third-order valence-electron chi connectivity index (χ3n) is 2.72. The molecule has 0 aliphatic rings. The van der Waals surface area contributed by atoms with E-state index in [-0.39, 0.29) is 5.56 Å². The maximum absolute atomic E-state index is 11.1. The molecular weight excluding hydrogens is 232 g/mol. The summed E-state index contributed by atoms with van der Waals surface area (Å²) in [5.41, 5.74) is 2.19. The Bertz CT molecular complexity index is 582. The molecule has 0 atom stereocenters. The van der Waals surface area contributed by atoms with E-state index in [1.165, 1.54) is 12.4 Å². The molecule has 5 heteroatoms. The molecule has 18 heavy (non-hydrogen) atoms. The molecule has 0 spiro atoms. The summed E-state index contributed by atoms with van der Waals surface area (Å²) in [5, 5.41) is 9.13. The number of methoxy groups -OCH3 is 1. The Hall–Kier alpha value is -2.43. The second-order valence-electron chi connectivity index (χ2n) is 3.72. The van der Waals surface area contributed by atoms with Gasteiger partial charge in [-0.3, -0.25) is 0 Å². The fourth-order valence-corrected chi connectivity index (χ4v) is 1.85. The van der Waals surface area contributed by atoms with Crippen LogP contribution in [-0.2, 0) is 0 Å². The van der Waals surface area contributed by atoms with Gasteiger partial charge in [0.15, 0.2) is 0 Å². The van der Waals surface area contributed by atoms with Gasteiger partial charge in [0.1, 0.15) is 12.1 Å². The second kappa shape index (κ2) is 4.83. The summed E-state index contributed by atoms with van der Waals surface area (Å²) in [4.78, 5) is 19.1. The molecule has 0 amide bonds. The SMILES string of the molecule is COc1ccc(C(=O)O)c(C)c1-c1ccncn1. The third kappa shape index (κ3) is 2.02. The Morgan fingerprint density at radius 3 is 2.67 bits per heavy atom. The Balaban J connectivity index is 2.71. The molecule has 0 saturated carbocycles. The number of ether oxygens (including phenoxy) is 1. The van der Waals surface area contributed by atoms with Crippen molar-refractivity contribution in [2.75, 3.05) is 7.11 Å². The zero-order chi connectivity index (χ0) is 13.1. The maximum atomic E-state index is 11.1. The zero-order valence-electron chi connectivity index (χ0n) is 10.0. The van der Waals surface area contributed by atoms with Crippen LogP contribution in [0, 0.1) is 6.92 Å². The Kier molecular flexibility index (Phi) is 3.23. The molecule has 2 rings (SSSR count). The molecule has 5 nitrogen and oxygen atoms in total. The van der Waals surface area contributed by atoms with Crippen LogP contribution in [0.4, 0.5) is 0 Å². The number of carboxylic acid groups (broad SMARTS) is 1. The van der Waals surface area contributed by atoms with Crippen LogP contribution < -0.4 is 4.74 Å². The van der Waals surface area contributed by atoms with E-state index in [0.29, 0.717) is 22.6 Å². The van der Waals surface area contributed by atoms with Crippen LogP contribution in [0.15, 0.2) is 30.7 Å². The standard InChI is InChI=1S/C13H12N2O3/c1-8-9(13(16)17)3-4-11(18-2)12(8)10-5-6-14-7-15-10/h3-7H,1-2H3,(H,16,17).